The highest BCUT2D eigenvalue weighted by Crippen LogP contribution is 2.44. The minimum atomic E-state index is -0.701. The Balaban J connectivity index is 1.26. The molecule has 2 aromatic heterocycles. The molecule has 198 valence electrons. The van der Waals surface area contributed by atoms with Crippen LogP contribution < -0.4 is 5.32 Å². The molecule has 5 rings (SSSR count). The van der Waals surface area contributed by atoms with Gasteiger partial charge in [-0.1, -0.05) is 11.6 Å². The van der Waals surface area contributed by atoms with Gasteiger partial charge in [-0.25, -0.2) is 14.8 Å². The number of halogens is 1. The average Bonchev–Trinajstić information content (AvgIpc) is 3.52. The van der Waals surface area contributed by atoms with Crippen molar-refractivity contribution < 1.29 is 23.7 Å². The van der Waals surface area contributed by atoms with E-state index in [0.717, 1.165) is 37.7 Å². The highest BCUT2D eigenvalue weighted by Gasteiger charge is 2.56. The van der Waals surface area contributed by atoms with Crippen molar-refractivity contribution in [1.82, 2.24) is 24.8 Å². The molecule has 5 heterocycles. The van der Waals surface area contributed by atoms with Gasteiger partial charge in [0.2, 0.25) is 0 Å². The maximum absolute atomic E-state index is 12.0. The number of alkyl carbamates (subject to hydrolysis) is 1. The first kappa shape index (κ1) is 25.7. The van der Waals surface area contributed by atoms with Gasteiger partial charge in [0.1, 0.15) is 41.0 Å². The summed E-state index contributed by atoms with van der Waals surface area (Å²) >= 11 is 6.28. The molecule has 0 spiro atoms. The Morgan fingerprint density at radius 3 is 2.83 bits per heavy atom. The van der Waals surface area contributed by atoms with E-state index < -0.39 is 11.4 Å². The summed E-state index contributed by atoms with van der Waals surface area (Å²) in [6.07, 6.45) is 5.01. The van der Waals surface area contributed by atoms with E-state index >= 15 is 0 Å². The molecule has 3 aliphatic rings. The first-order chi connectivity index (χ1) is 17.0. The number of fused-ring (bicyclic) bond motifs is 2. The molecule has 3 aliphatic heterocycles. The first-order valence-corrected chi connectivity index (χ1v) is 13.1. The van der Waals surface area contributed by atoms with Gasteiger partial charge in [0, 0.05) is 25.3 Å². The third-order valence-corrected chi connectivity index (χ3v) is 7.22. The Morgan fingerprint density at radius 2 is 2.06 bits per heavy atom. The highest BCUT2D eigenvalue weighted by molar-refractivity contribution is 6.33. The van der Waals surface area contributed by atoms with E-state index in [-0.39, 0.29) is 30.6 Å². The molecule has 10 nitrogen and oxygen atoms in total. The summed E-state index contributed by atoms with van der Waals surface area (Å²) in [5, 5.41) is 4.07. The van der Waals surface area contributed by atoms with Crippen molar-refractivity contribution in [2.45, 2.75) is 95.9 Å². The van der Waals surface area contributed by atoms with Crippen LogP contribution in [-0.4, -0.2) is 80.9 Å². The fourth-order valence-corrected chi connectivity index (χ4v) is 5.72. The number of carbonyl (C=O) groups is 1. The van der Waals surface area contributed by atoms with E-state index in [2.05, 4.69) is 20.2 Å². The predicted molar refractivity (Wildman–Crippen MR) is 134 cm³/mol. The molecule has 3 saturated heterocycles. The van der Waals surface area contributed by atoms with Crippen molar-refractivity contribution in [3.05, 3.63) is 23.7 Å². The SMILES string of the molecule is CC(C)(C)OC(=O)NCC[C@@H]1CCCN1C[C@H]1O[C@@H](n2ccc3c(Cl)ncnc32)[C@@H]2OC(C)(C)O[C@@H]21. The van der Waals surface area contributed by atoms with E-state index in [0.29, 0.717) is 23.4 Å². The van der Waals surface area contributed by atoms with Gasteiger partial charge in [0.25, 0.3) is 0 Å². The molecule has 1 amide bonds. The second kappa shape index (κ2) is 9.72. The summed E-state index contributed by atoms with van der Waals surface area (Å²) in [6, 6.07) is 2.26. The van der Waals surface area contributed by atoms with Crippen LogP contribution >= 0.6 is 11.6 Å². The van der Waals surface area contributed by atoms with Crippen molar-refractivity contribution in [2.75, 3.05) is 19.6 Å². The molecule has 3 fully saturated rings. The lowest BCUT2D eigenvalue weighted by atomic mass is 10.1. The fraction of sp³-hybridized carbons (Fsp3) is 0.720. The summed E-state index contributed by atoms with van der Waals surface area (Å²) in [5.41, 5.74) is 0.204. The monoisotopic (exact) mass is 521 g/mol. The Morgan fingerprint density at radius 1 is 1.28 bits per heavy atom. The molecule has 0 radical (unpaired) electrons. The van der Waals surface area contributed by atoms with Crippen LogP contribution in [0.25, 0.3) is 11.0 Å². The van der Waals surface area contributed by atoms with Gasteiger partial charge in [0.05, 0.1) is 5.39 Å². The quantitative estimate of drug-likeness (QED) is 0.572. The van der Waals surface area contributed by atoms with Gasteiger partial charge in [-0.15, -0.1) is 0 Å². The lowest BCUT2D eigenvalue weighted by Crippen LogP contribution is -2.43. The maximum Gasteiger partial charge on any atom is 0.407 e. The van der Waals surface area contributed by atoms with Gasteiger partial charge in [-0.05, 0) is 66.5 Å². The number of aromatic nitrogens is 3. The van der Waals surface area contributed by atoms with E-state index in [4.69, 9.17) is 30.5 Å². The maximum atomic E-state index is 12.0. The van der Waals surface area contributed by atoms with Gasteiger partial charge < -0.3 is 28.8 Å². The summed E-state index contributed by atoms with van der Waals surface area (Å²) in [6.45, 7) is 11.7. The second-order valence-electron chi connectivity index (χ2n) is 11.3. The van der Waals surface area contributed by atoms with Crippen molar-refractivity contribution in [1.29, 1.82) is 0 Å². The van der Waals surface area contributed by atoms with Gasteiger partial charge in [-0.3, -0.25) is 4.90 Å². The topological polar surface area (TPSA) is 100.0 Å². The van der Waals surface area contributed by atoms with Crippen LogP contribution in [0.3, 0.4) is 0 Å². The second-order valence-corrected chi connectivity index (χ2v) is 11.6. The number of likely N-dealkylation sites (tertiary alicyclic amines) is 1. The Labute approximate surface area is 216 Å². The molecule has 0 bridgehead atoms. The number of hydrogen-bond donors (Lipinski definition) is 1. The number of ether oxygens (including phenoxy) is 4. The largest absolute Gasteiger partial charge is 0.444 e. The Hall–Kier alpha value is -1.98. The predicted octanol–water partition coefficient (Wildman–Crippen LogP) is 3.88. The number of nitrogens with zero attached hydrogens (tertiary/aromatic N) is 4. The van der Waals surface area contributed by atoms with Crippen LogP contribution in [0, 0.1) is 0 Å². The lowest BCUT2D eigenvalue weighted by Gasteiger charge is -2.30. The number of amides is 1. The number of rotatable bonds is 6. The molecule has 0 saturated carbocycles. The molecule has 5 atom stereocenters. The Kier molecular flexibility index (Phi) is 6.93. The molecule has 11 heteroatoms. The highest BCUT2D eigenvalue weighted by atomic mass is 35.5. The van der Waals surface area contributed by atoms with Crippen molar-refractivity contribution in [3.8, 4) is 0 Å². The average molecular weight is 522 g/mol. The summed E-state index contributed by atoms with van der Waals surface area (Å²) < 4.78 is 26.6. The minimum Gasteiger partial charge on any atom is -0.444 e. The molecule has 36 heavy (non-hydrogen) atoms. The van der Waals surface area contributed by atoms with Crippen LogP contribution in [0.1, 0.15) is 60.1 Å². The van der Waals surface area contributed by atoms with Crippen molar-refractivity contribution in [3.63, 3.8) is 0 Å². The van der Waals surface area contributed by atoms with E-state index in [9.17, 15) is 4.79 Å². The fourth-order valence-electron chi connectivity index (χ4n) is 5.52. The summed E-state index contributed by atoms with van der Waals surface area (Å²) in [5.74, 6) is -0.701. The zero-order valence-electron chi connectivity index (χ0n) is 21.6. The standard InChI is InChI=1S/C25H36ClN5O5/c1-24(2,3)36-23(32)27-10-8-15-7-6-11-30(15)13-17-18-19(35-25(4,5)34-18)22(33-17)31-12-9-16-20(26)28-14-29-21(16)31/h9,12,14-15,17-19,22H,6-8,10-11,13H2,1-5H3,(H,27,32)/t15-,17+,18+,19+,22+/m0/s1. The van der Waals surface area contributed by atoms with E-state index in [1.165, 1.54) is 6.33 Å². The van der Waals surface area contributed by atoms with Crippen LogP contribution in [0.2, 0.25) is 5.15 Å². The van der Waals surface area contributed by atoms with Crippen molar-refractivity contribution >= 4 is 28.7 Å². The number of carbonyl (C=O) groups excluding carboxylic acids is 1. The lowest BCUT2D eigenvalue weighted by molar-refractivity contribution is -0.198. The molecule has 2 aromatic rings. The van der Waals surface area contributed by atoms with Crippen molar-refractivity contribution in [2.24, 2.45) is 0 Å². The van der Waals surface area contributed by atoms with Gasteiger partial charge in [-0.2, -0.15) is 0 Å². The summed E-state index contributed by atoms with van der Waals surface area (Å²) in [4.78, 5) is 23.0. The minimum absolute atomic E-state index is 0.170. The number of hydrogen-bond acceptors (Lipinski definition) is 8. The first-order valence-electron chi connectivity index (χ1n) is 12.7. The van der Waals surface area contributed by atoms with Gasteiger partial charge in [0.15, 0.2) is 12.0 Å². The summed E-state index contributed by atoms with van der Waals surface area (Å²) in [7, 11) is 0. The van der Waals surface area contributed by atoms with Gasteiger partial charge >= 0.3 is 6.09 Å². The molecular weight excluding hydrogens is 486 g/mol. The molecule has 0 aliphatic carbocycles. The van der Waals surface area contributed by atoms with Crippen LogP contribution in [-0.2, 0) is 18.9 Å². The molecule has 0 aromatic carbocycles. The number of nitrogens with one attached hydrogen (secondary N) is 1. The van der Waals surface area contributed by atoms with E-state index in [1.54, 1.807) is 0 Å². The molecule has 0 unspecified atom stereocenters. The van der Waals surface area contributed by atoms with Crippen LogP contribution in [0.15, 0.2) is 18.6 Å². The van der Waals surface area contributed by atoms with Crippen LogP contribution in [0.5, 0.6) is 0 Å². The zero-order chi connectivity index (χ0) is 25.7. The zero-order valence-corrected chi connectivity index (χ0v) is 22.3. The third-order valence-electron chi connectivity index (χ3n) is 6.92. The smallest absolute Gasteiger partial charge is 0.407 e. The molecule has 1 N–H and O–H groups in total. The Bertz CT molecular complexity index is 1100. The third kappa shape index (κ3) is 5.33. The van der Waals surface area contributed by atoms with E-state index in [1.807, 2.05) is 51.4 Å². The van der Waals surface area contributed by atoms with Crippen LogP contribution in [0.4, 0.5) is 4.79 Å². The molecular formula is C25H36ClN5O5. The normalized spacial score (nSPS) is 30.1.